The van der Waals surface area contributed by atoms with Gasteiger partial charge >= 0.3 is 0 Å². The molecular formula is C25H41NO3. The van der Waals surface area contributed by atoms with E-state index in [4.69, 9.17) is 9.47 Å². The van der Waals surface area contributed by atoms with E-state index in [0.717, 1.165) is 43.7 Å². The standard InChI is InChI=1S/C25H41NO3/c1-19(2)11-12-25(14-16-29-24(17-25)20(3)4)13-15-26(21(5)27)18-22-7-9-23(28-6)10-8-22/h7-10,19-20,24H,11-18H2,1-6H3/t24-,25+/m1/s1. The number of benzene rings is 1. The van der Waals surface area contributed by atoms with Gasteiger partial charge in [0.2, 0.25) is 5.91 Å². The number of ether oxygens (including phenoxy) is 2. The molecule has 0 saturated carbocycles. The Morgan fingerprint density at radius 2 is 1.90 bits per heavy atom. The Bertz CT molecular complexity index is 625. The molecule has 4 nitrogen and oxygen atoms in total. The molecule has 1 fully saturated rings. The number of hydrogen-bond donors (Lipinski definition) is 0. The maximum atomic E-state index is 12.4. The fourth-order valence-corrected chi connectivity index (χ4v) is 4.29. The highest BCUT2D eigenvalue weighted by Gasteiger charge is 2.38. The fourth-order valence-electron chi connectivity index (χ4n) is 4.29. The van der Waals surface area contributed by atoms with E-state index in [1.165, 1.54) is 12.8 Å². The topological polar surface area (TPSA) is 38.8 Å². The summed E-state index contributed by atoms with van der Waals surface area (Å²) in [5, 5.41) is 0. The predicted octanol–water partition coefficient (Wildman–Crippen LogP) is 5.69. The van der Waals surface area contributed by atoms with Gasteiger partial charge in [-0.05, 0) is 60.6 Å². The smallest absolute Gasteiger partial charge is 0.219 e. The number of carbonyl (C=O) groups excluding carboxylic acids is 1. The largest absolute Gasteiger partial charge is 0.497 e. The highest BCUT2D eigenvalue weighted by molar-refractivity contribution is 5.73. The maximum Gasteiger partial charge on any atom is 0.219 e. The van der Waals surface area contributed by atoms with Crippen molar-refractivity contribution in [3.05, 3.63) is 29.8 Å². The van der Waals surface area contributed by atoms with Crippen LogP contribution in [0.2, 0.25) is 0 Å². The van der Waals surface area contributed by atoms with Gasteiger partial charge in [0.05, 0.1) is 13.2 Å². The number of rotatable bonds is 10. The van der Waals surface area contributed by atoms with Crippen LogP contribution in [0.4, 0.5) is 0 Å². The second kappa shape index (κ2) is 11.0. The minimum absolute atomic E-state index is 0.146. The van der Waals surface area contributed by atoms with Crippen LogP contribution in [0.5, 0.6) is 5.75 Å². The molecule has 0 bridgehead atoms. The lowest BCUT2D eigenvalue weighted by Gasteiger charge is -2.44. The number of hydrogen-bond acceptors (Lipinski definition) is 3. The highest BCUT2D eigenvalue weighted by atomic mass is 16.5. The SMILES string of the molecule is COc1ccc(CN(CC[C@@]2(CCC(C)C)CCO[C@@H](C(C)C)C2)C(C)=O)cc1. The molecule has 0 radical (unpaired) electrons. The van der Waals surface area contributed by atoms with Crippen molar-refractivity contribution in [3.63, 3.8) is 0 Å². The highest BCUT2D eigenvalue weighted by Crippen LogP contribution is 2.43. The van der Waals surface area contributed by atoms with Gasteiger partial charge in [0.25, 0.3) is 0 Å². The molecule has 4 heteroatoms. The molecule has 0 N–H and O–H groups in total. The van der Waals surface area contributed by atoms with E-state index in [1.54, 1.807) is 14.0 Å². The van der Waals surface area contributed by atoms with Crippen LogP contribution in [0, 0.1) is 17.3 Å². The van der Waals surface area contributed by atoms with Gasteiger partial charge in [-0.1, -0.05) is 46.2 Å². The first-order chi connectivity index (χ1) is 13.7. The Kier molecular flexibility index (Phi) is 9.01. The Morgan fingerprint density at radius 3 is 2.45 bits per heavy atom. The second-order valence-corrected chi connectivity index (χ2v) is 9.58. The van der Waals surface area contributed by atoms with Gasteiger partial charge in [0.1, 0.15) is 5.75 Å². The minimum Gasteiger partial charge on any atom is -0.497 e. The molecule has 1 heterocycles. The van der Waals surface area contributed by atoms with Crippen LogP contribution in [0.25, 0.3) is 0 Å². The van der Waals surface area contributed by atoms with Crippen molar-refractivity contribution < 1.29 is 14.3 Å². The summed E-state index contributed by atoms with van der Waals surface area (Å²) in [5.41, 5.74) is 1.43. The first kappa shape index (κ1) is 23.7. The van der Waals surface area contributed by atoms with E-state index >= 15 is 0 Å². The van der Waals surface area contributed by atoms with E-state index < -0.39 is 0 Å². The van der Waals surface area contributed by atoms with Crippen molar-refractivity contribution in [2.45, 2.75) is 79.4 Å². The molecule has 1 aromatic carbocycles. The van der Waals surface area contributed by atoms with Crippen LogP contribution < -0.4 is 4.74 Å². The molecule has 1 aliphatic heterocycles. The first-order valence-corrected chi connectivity index (χ1v) is 11.2. The van der Waals surface area contributed by atoms with Gasteiger partial charge < -0.3 is 14.4 Å². The van der Waals surface area contributed by atoms with Gasteiger partial charge in [-0.15, -0.1) is 0 Å². The van der Waals surface area contributed by atoms with Crippen molar-refractivity contribution in [2.24, 2.45) is 17.3 Å². The number of methoxy groups -OCH3 is 1. The summed E-state index contributed by atoms with van der Waals surface area (Å²) in [5.74, 6) is 2.23. The van der Waals surface area contributed by atoms with E-state index in [9.17, 15) is 4.79 Å². The van der Waals surface area contributed by atoms with Crippen LogP contribution in [-0.2, 0) is 16.1 Å². The van der Waals surface area contributed by atoms with Crippen molar-refractivity contribution in [1.82, 2.24) is 4.90 Å². The van der Waals surface area contributed by atoms with Gasteiger partial charge in [-0.25, -0.2) is 0 Å². The van der Waals surface area contributed by atoms with Crippen molar-refractivity contribution >= 4 is 5.91 Å². The van der Waals surface area contributed by atoms with Gasteiger partial charge in [0.15, 0.2) is 0 Å². The van der Waals surface area contributed by atoms with Crippen LogP contribution in [0.3, 0.4) is 0 Å². The van der Waals surface area contributed by atoms with Crippen LogP contribution >= 0.6 is 0 Å². The summed E-state index contributed by atoms with van der Waals surface area (Å²) >= 11 is 0. The van der Waals surface area contributed by atoms with Gasteiger partial charge in [-0.2, -0.15) is 0 Å². The molecule has 29 heavy (non-hydrogen) atoms. The van der Waals surface area contributed by atoms with E-state index in [-0.39, 0.29) is 11.3 Å². The van der Waals surface area contributed by atoms with Crippen molar-refractivity contribution in [2.75, 3.05) is 20.3 Å². The summed E-state index contributed by atoms with van der Waals surface area (Å²) in [6.45, 7) is 13.1. The molecule has 0 spiro atoms. The van der Waals surface area contributed by atoms with Crippen molar-refractivity contribution in [3.8, 4) is 5.75 Å². The summed E-state index contributed by atoms with van der Waals surface area (Å²) in [4.78, 5) is 14.4. The monoisotopic (exact) mass is 403 g/mol. The molecule has 1 amide bonds. The molecule has 1 saturated heterocycles. The zero-order chi connectivity index (χ0) is 21.4. The molecule has 2 atom stereocenters. The van der Waals surface area contributed by atoms with Gasteiger partial charge in [0, 0.05) is 26.6 Å². The number of amides is 1. The maximum absolute atomic E-state index is 12.4. The zero-order valence-electron chi connectivity index (χ0n) is 19.4. The Morgan fingerprint density at radius 1 is 1.21 bits per heavy atom. The summed E-state index contributed by atoms with van der Waals surface area (Å²) in [7, 11) is 1.67. The van der Waals surface area contributed by atoms with E-state index in [0.29, 0.717) is 24.5 Å². The lowest BCUT2D eigenvalue weighted by atomic mass is 9.69. The molecule has 0 aliphatic carbocycles. The fraction of sp³-hybridized carbons (Fsp3) is 0.720. The molecule has 0 unspecified atom stereocenters. The van der Waals surface area contributed by atoms with Gasteiger partial charge in [-0.3, -0.25) is 4.79 Å². The summed E-state index contributed by atoms with van der Waals surface area (Å²) in [6, 6.07) is 8.02. The molecular weight excluding hydrogens is 362 g/mol. The van der Waals surface area contributed by atoms with E-state index in [2.05, 4.69) is 27.7 Å². The minimum atomic E-state index is 0.146. The third-order valence-corrected chi connectivity index (χ3v) is 6.48. The number of nitrogens with zero attached hydrogens (tertiary/aromatic N) is 1. The Hall–Kier alpha value is -1.55. The molecule has 1 aromatic rings. The van der Waals surface area contributed by atoms with Crippen LogP contribution in [-0.4, -0.2) is 37.2 Å². The van der Waals surface area contributed by atoms with Crippen molar-refractivity contribution in [1.29, 1.82) is 0 Å². The average Bonchev–Trinajstić information content (AvgIpc) is 2.70. The summed E-state index contributed by atoms with van der Waals surface area (Å²) in [6.07, 6.45) is 6.09. The quantitative estimate of drug-likeness (QED) is 0.504. The molecule has 164 valence electrons. The molecule has 2 rings (SSSR count). The first-order valence-electron chi connectivity index (χ1n) is 11.2. The third kappa shape index (κ3) is 7.33. The number of carbonyl (C=O) groups is 1. The molecule has 1 aliphatic rings. The Balaban J connectivity index is 2.07. The zero-order valence-corrected chi connectivity index (χ0v) is 19.4. The normalized spacial score (nSPS) is 22.1. The summed E-state index contributed by atoms with van der Waals surface area (Å²) < 4.78 is 11.3. The van der Waals surface area contributed by atoms with Crippen LogP contribution in [0.15, 0.2) is 24.3 Å². The lowest BCUT2D eigenvalue weighted by Crippen LogP contribution is -2.41. The average molecular weight is 404 g/mol. The van der Waals surface area contributed by atoms with E-state index in [1.807, 2.05) is 29.2 Å². The Labute approximate surface area is 178 Å². The molecule has 0 aromatic heterocycles. The van der Waals surface area contributed by atoms with Crippen LogP contribution in [0.1, 0.15) is 72.3 Å². The second-order valence-electron chi connectivity index (χ2n) is 9.58. The third-order valence-electron chi connectivity index (χ3n) is 6.48. The lowest BCUT2D eigenvalue weighted by molar-refractivity contribution is -0.130. The predicted molar refractivity (Wildman–Crippen MR) is 119 cm³/mol.